The first-order valence-corrected chi connectivity index (χ1v) is 8.48. The lowest BCUT2D eigenvalue weighted by molar-refractivity contribution is 0.275. The molecule has 1 aromatic rings. The monoisotopic (exact) mass is 319 g/mol. The Morgan fingerprint density at radius 2 is 1.89 bits per heavy atom. The molecule has 0 spiro atoms. The molecule has 0 heterocycles. The van der Waals surface area contributed by atoms with Gasteiger partial charge in [-0.3, -0.25) is 4.21 Å². The molecule has 0 saturated heterocycles. The Balaban J connectivity index is 2.25. The molecule has 0 aromatic heterocycles. The summed E-state index contributed by atoms with van der Waals surface area (Å²) < 4.78 is 12.7. The van der Waals surface area contributed by atoms with Gasteiger partial charge in [-0.05, 0) is 42.9 Å². The predicted octanol–water partition coefficient (Wildman–Crippen LogP) is 3.86. The van der Waals surface area contributed by atoms with E-state index in [4.69, 9.17) is 28.9 Å². The van der Waals surface area contributed by atoms with Gasteiger partial charge in [0, 0.05) is 10.9 Å². The highest BCUT2D eigenvalue weighted by molar-refractivity contribution is 7.85. The van der Waals surface area contributed by atoms with Crippen LogP contribution in [0.1, 0.15) is 26.7 Å². The molecule has 5 heteroatoms. The number of rotatable bonds is 2. The Bertz CT molecular complexity index is 482. The van der Waals surface area contributed by atoms with Gasteiger partial charge in [-0.25, -0.2) is 0 Å². The number of benzene rings is 1. The van der Waals surface area contributed by atoms with Crippen LogP contribution in [0.15, 0.2) is 23.1 Å². The third-order valence-corrected chi connectivity index (χ3v) is 6.57. The fourth-order valence-electron chi connectivity index (χ4n) is 3.01. The molecule has 1 fully saturated rings. The summed E-state index contributed by atoms with van der Waals surface area (Å²) in [6.07, 6.45) is 2.01. The molecule has 0 radical (unpaired) electrons. The van der Waals surface area contributed by atoms with Gasteiger partial charge < -0.3 is 5.73 Å². The molecule has 5 atom stereocenters. The van der Waals surface area contributed by atoms with Crippen molar-refractivity contribution < 1.29 is 4.21 Å². The summed E-state index contributed by atoms with van der Waals surface area (Å²) in [5, 5.41) is 0.920. The summed E-state index contributed by atoms with van der Waals surface area (Å²) >= 11 is 11.9. The van der Waals surface area contributed by atoms with E-state index in [1.54, 1.807) is 18.2 Å². The minimum absolute atomic E-state index is 0.00607. The zero-order valence-electron chi connectivity index (χ0n) is 11.1. The Morgan fingerprint density at radius 1 is 1.21 bits per heavy atom. The van der Waals surface area contributed by atoms with Gasteiger partial charge in [-0.2, -0.15) is 0 Å². The van der Waals surface area contributed by atoms with Crippen molar-refractivity contribution in [2.45, 2.75) is 42.9 Å². The Hall–Kier alpha value is -0.0900. The SMILES string of the molecule is CC1CC(C)C(S(=O)c2ccc(Cl)c(Cl)c2)C(N)C1. The van der Waals surface area contributed by atoms with Crippen molar-refractivity contribution in [3.63, 3.8) is 0 Å². The van der Waals surface area contributed by atoms with Gasteiger partial charge in [0.25, 0.3) is 0 Å². The van der Waals surface area contributed by atoms with Crippen LogP contribution in [0, 0.1) is 11.8 Å². The number of nitrogens with two attached hydrogens (primary N) is 1. The summed E-state index contributed by atoms with van der Waals surface area (Å²) in [5.74, 6) is 0.959. The lowest BCUT2D eigenvalue weighted by Gasteiger charge is -2.37. The lowest BCUT2D eigenvalue weighted by atomic mass is 9.80. The highest BCUT2D eigenvalue weighted by Crippen LogP contribution is 2.34. The van der Waals surface area contributed by atoms with E-state index in [0.717, 1.165) is 17.7 Å². The van der Waals surface area contributed by atoms with Crippen LogP contribution < -0.4 is 5.73 Å². The second-order valence-electron chi connectivity index (χ2n) is 5.56. The lowest BCUT2D eigenvalue weighted by Crippen LogP contribution is -2.47. The molecule has 2 rings (SSSR count). The van der Waals surface area contributed by atoms with Crippen LogP contribution in [0.25, 0.3) is 0 Å². The zero-order valence-corrected chi connectivity index (χ0v) is 13.4. The smallest absolute Gasteiger partial charge is 0.0604 e. The Morgan fingerprint density at radius 3 is 2.47 bits per heavy atom. The largest absolute Gasteiger partial charge is 0.327 e. The summed E-state index contributed by atoms with van der Waals surface area (Å²) in [7, 11) is -1.13. The van der Waals surface area contributed by atoms with Crippen molar-refractivity contribution in [1.29, 1.82) is 0 Å². The molecule has 2 nitrogen and oxygen atoms in total. The molecule has 0 aliphatic heterocycles. The van der Waals surface area contributed by atoms with E-state index in [1.807, 2.05) is 0 Å². The summed E-state index contributed by atoms with van der Waals surface area (Å²) in [5.41, 5.74) is 6.21. The molecule has 2 N–H and O–H groups in total. The van der Waals surface area contributed by atoms with E-state index in [2.05, 4.69) is 13.8 Å². The maximum absolute atomic E-state index is 12.7. The number of hydrogen-bond acceptors (Lipinski definition) is 2. The quantitative estimate of drug-likeness (QED) is 0.899. The molecular weight excluding hydrogens is 301 g/mol. The Kier molecular flexibility index (Phi) is 4.93. The molecule has 1 saturated carbocycles. The van der Waals surface area contributed by atoms with Gasteiger partial charge in [-0.15, -0.1) is 0 Å². The van der Waals surface area contributed by atoms with Crippen LogP contribution >= 0.6 is 23.2 Å². The summed E-state index contributed by atoms with van der Waals surface area (Å²) in [4.78, 5) is 0.719. The van der Waals surface area contributed by atoms with Crippen LogP contribution in [-0.2, 0) is 10.8 Å². The van der Waals surface area contributed by atoms with E-state index >= 15 is 0 Å². The predicted molar refractivity (Wildman–Crippen MR) is 82.2 cm³/mol. The fourth-order valence-corrected chi connectivity index (χ4v) is 5.09. The van der Waals surface area contributed by atoms with Gasteiger partial charge in [-0.1, -0.05) is 37.0 Å². The van der Waals surface area contributed by atoms with E-state index in [-0.39, 0.29) is 11.3 Å². The standard InChI is InChI=1S/C14H19Cl2NOS/c1-8-5-9(2)14(13(17)6-8)19(18)10-3-4-11(15)12(16)7-10/h3-4,7-9,13-14H,5-6,17H2,1-2H3. The highest BCUT2D eigenvalue weighted by Gasteiger charge is 2.36. The fraction of sp³-hybridized carbons (Fsp3) is 0.571. The van der Waals surface area contributed by atoms with Crippen molar-refractivity contribution in [2.75, 3.05) is 0 Å². The van der Waals surface area contributed by atoms with Crippen molar-refractivity contribution in [3.05, 3.63) is 28.2 Å². The van der Waals surface area contributed by atoms with Gasteiger partial charge in [0.15, 0.2) is 0 Å². The van der Waals surface area contributed by atoms with Gasteiger partial charge in [0.1, 0.15) is 0 Å². The minimum atomic E-state index is -1.13. The normalized spacial score (nSPS) is 33.1. The zero-order chi connectivity index (χ0) is 14.2. The highest BCUT2D eigenvalue weighted by atomic mass is 35.5. The van der Waals surface area contributed by atoms with Crippen molar-refractivity contribution in [2.24, 2.45) is 17.6 Å². The molecule has 106 valence electrons. The molecule has 1 aliphatic carbocycles. The van der Waals surface area contributed by atoms with Crippen molar-refractivity contribution in [1.82, 2.24) is 0 Å². The average Bonchev–Trinajstić information content (AvgIpc) is 2.31. The van der Waals surface area contributed by atoms with Gasteiger partial charge in [0.05, 0.1) is 26.1 Å². The van der Waals surface area contributed by atoms with E-state index in [0.29, 0.717) is 21.9 Å². The van der Waals surface area contributed by atoms with E-state index < -0.39 is 10.8 Å². The van der Waals surface area contributed by atoms with Gasteiger partial charge in [0.2, 0.25) is 0 Å². The summed E-state index contributed by atoms with van der Waals surface area (Å²) in [6, 6.07) is 5.15. The van der Waals surface area contributed by atoms with Gasteiger partial charge >= 0.3 is 0 Å². The van der Waals surface area contributed by atoms with Crippen molar-refractivity contribution in [3.8, 4) is 0 Å². The first-order chi connectivity index (χ1) is 8.90. The van der Waals surface area contributed by atoms with Crippen LogP contribution in [0.2, 0.25) is 10.0 Å². The minimum Gasteiger partial charge on any atom is -0.327 e. The Labute approximate surface area is 127 Å². The number of hydrogen-bond donors (Lipinski definition) is 1. The van der Waals surface area contributed by atoms with Crippen LogP contribution in [-0.4, -0.2) is 15.5 Å². The topological polar surface area (TPSA) is 43.1 Å². The molecule has 19 heavy (non-hydrogen) atoms. The molecular formula is C14H19Cl2NOS. The van der Waals surface area contributed by atoms with Crippen molar-refractivity contribution >= 4 is 34.0 Å². The van der Waals surface area contributed by atoms with Crippen LogP contribution in [0.4, 0.5) is 0 Å². The molecule has 0 amide bonds. The second-order valence-corrected chi connectivity index (χ2v) is 7.98. The third-order valence-electron chi connectivity index (χ3n) is 3.80. The van der Waals surface area contributed by atoms with Crippen LogP contribution in [0.3, 0.4) is 0 Å². The molecule has 1 aliphatic rings. The maximum Gasteiger partial charge on any atom is 0.0604 e. The molecule has 1 aromatic carbocycles. The first-order valence-electron chi connectivity index (χ1n) is 6.51. The molecule has 0 bridgehead atoms. The van der Waals surface area contributed by atoms with Crippen LogP contribution in [0.5, 0.6) is 0 Å². The maximum atomic E-state index is 12.7. The molecule has 5 unspecified atom stereocenters. The summed E-state index contributed by atoms with van der Waals surface area (Å²) in [6.45, 7) is 4.34. The van der Waals surface area contributed by atoms with E-state index in [9.17, 15) is 4.21 Å². The third kappa shape index (κ3) is 3.33. The van der Waals surface area contributed by atoms with E-state index in [1.165, 1.54) is 0 Å². The average molecular weight is 320 g/mol. The number of halogens is 2. The second kappa shape index (κ2) is 6.13. The first kappa shape index (κ1) is 15.3.